The summed E-state index contributed by atoms with van der Waals surface area (Å²) < 4.78 is 22.7. The highest BCUT2D eigenvalue weighted by molar-refractivity contribution is 7.89. The number of pyridine rings is 1. The van der Waals surface area contributed by atoms with Crippen LogP contribution in [0.15, 0.2) is 47.4 Å². The molecule has 0 aliphatic carbocycles. The van der Waals surface area contributed by atoms with Crippen LogP contribution >= 0.6 is 12.2 Å². The van der Waals surface area contributed by atoms with Crippen molar-refractivity contribution in [2.75, 3.05) is 31.5 Å². The molecule has 1 aliphatic rings. The van der Waals surface area contributed by atoms with Crippen LogP contribution in [0.2, 0.25) is 0 Å². The zero-order valence-corrected chi connectivity index (χ0v) is 17.5. The molecule has 1 saturated heterocycles. The molecule has 28 heavy (non-hydrogen) atoms. The van der Waals surface area contributed by atoms with Crippen molar-refractivity contribution >= 4 is 33.0 Å². The molecule has 1 fully saturated rings. The summed E-state index contributed by atoms with van der Waals surface area (Å²) in [6, 6.07) is 12.4. The van der Waals surface area contributed by atoms with Gasteiger partial charge in [-0.25, -0.2) is 13.6 Å². The minimum Gasteiger partial charge on any atom is -0.348 e. The third-order valence-electron chi connectivity index (χ3n) is 4.64. The van der Waals surface area contributed by atoms with Crippen molar-refractivity contribution in [2.45, 2.75) is 24.8 Å². The number of sulfonamides is 1. The average molecular weight is 420 g/mol. The van der Waals surface area contributed by atoms with E-state index in [1.165, 1.54) is 12.1 Å². The van der Waals surface area contributed by atoms with E-state index < -0.39 is 10.0 Å². The monoisotopic (exact) mass is 419 g/mol. The van der Waals surface area contributed by atoms with Crippen molar-refractivity contribution in [3.8, 4) is 0 Å². The molecule has 1 aromatic heterocycles. The van der Waals surface area contributed by atoms with Crippen LogP contribution in [0.4, 0.5) is 5.69 Å². The number of nitrogens with zero attached hydrogens (tertiary/aromatic N) is 3. The van der Waals surface area contributed by atoms with Gasteiger partial charge in [0.05, 0.1) is 10.6 Å². The van der Waals surface area contributed by atoms with Gasteiger partial charge in [0.15, 0.2) is 5.11 Å². The molecule has 0 bridgehead atoms. The maximum atomic E-state index is 11.3. The first kappa shape index (κ1) is 20.7. The second-order valence-corrected chi connectivity index (χ2v) is 8.83. The predicted molar refractivity (Wildman–Crippen MR) is 114 cm³/mol. The van der Waals surface area contributed by atoms with Gasteiger partial charge in [-0.2, -0.15) is 0 Å². The molecule has 0 spiro atoms. The lowest BCUT2D eigenvalue weighted by atomic mass is 10.3. The van der Waals surface area contributed by atoms with Gasteiger partial charge in [0.1, 0.15) is 0 Å². The largest absolute Gasteiger partial charge is 0.348 e. The molecule has 1 aromatic carbocycles. The molecule has 1 aliphatic heterocycles. The molecule has 9 heteroatoms. The van der Waals surface area contributed by atoms with Gasteiger partial charge in [0, 0.05) is 44.1 Å². The van der Waals surface area contributed by atoms with Crippen LogP contribution in [-0.2, 0) is 16.6 Å². The van der Waals surface area contributed by atoms with Crippen LogP contribution in [0.25, 0.3) is 0 Å². The Morgan fingerprint density at radius 2 is 1.89 bits per heavy atom. The Labute approximate surface area is 171 Å². The van der Waals surface area contributed by atoms with Gasteiger partial charge in [-0.1, -0.05) is 6.07 Å². The normalized spacial score (nSPS) is 15.9. The van der Waals surface area contributed by atoms with Crippen LogP contribution in [0.1, 0.15) is 17.8 Å². The molecule has 0 saturated carbocycles. The van der Waals surface area contributed by atoms with Crippen LogP contribution in [0, 0.1) is 6.92 Å². The van der Waals surface area contributed by atoms with Crippen LogP contribution in [-0.4, -0.2) is 54.5 Å². The lowest BCUT2D eigenvalue weighted by Crippen LogP contribution is -2.37. The maximum Gasteiger partial charge on any atom is 0.238 e. The Balaban J connectivity index is 1.55. The third kappa shape index (κ3) is 5.71. The van der Waals surface area contributed by atoms with E-state index in [2.05, 4.69) is 26.2 Å². The van der Waals surface area contributed by atoms with Crippen LogP contribution in [0.5, 0.6) is 0 Å². The molecule has 0 radical (unpaired) electrons. The highest BCUT2D eigenvalue weighted by Crippen LogP contribution is 2.15. The van der Waals surface area contributed by atoms with E-state index in [9.17, 15) is 8.42 Å². The molecule has 0 atom stereocenters. The first-order chi connectivity index (χ1) is 13.3. The Hall–Kier alpha value is -2.07. The minimum atomic E-state index is -3.69. The maximum absolute atomic E-state index is 11.3. The van der Waals surface area contributed by atoms with Crippen LogP contribution < -0.4 is 10.5 Å². The number of benzene rings is 1. The number of anilines is 1. The number of thiocarbonyl (C=S) groups is 1. The van der Waals surface area contributed by atoms with Gasteiger partial charge in [-0.15, -0.1) is 0 Å². The van der Waals surface area contributed by atoms with Gasteiger partial charge in [0.25, 0.3) is 0 Å². The predicted octanol–water partition coefficient (Wildman–Crippen LogP) is 1.94. The first-order valence-electron chi connectivity index (χ1n) is 9.15. The first-order valence-corrected chi connectivity index (χ1v) is 11.1. The summed E-state index contributed by atoms with van der Waals surface area (Å²) in [6.45, 7) is 6.45. The van der Waals surface area contributed by atoms with E-state index in [0.717, 1.165) is 56.2 Å². The van der Waals surface area contributed by atoms with Crippen molar-refractivity contribution in [3.05, 3.63) is 53.9 Å². The number of aromatic nitrogens is 1. The molecule has 0 amide bonds. The second kappa shape index (κ2) is 8.95. The number of rotatable bonds is 4. The van der Waals surface area contributed by atoms with E-state index in [1.807, 2.05) is 19.1 Å². The molecular weight excluding hydrogens is 394 g/mol. The molecule has 3 N–H and O–H groups in total. The SMILES string of the molecule is Cc1cccc(CN2CCCN(C(=S)Nc3ccc(S(N)(=O)=O)cc3)CC2)n1. The number of primary sulfonamides is 1. The Morgan fingerprint density at radius 3 is 2.57 bits per heavy atom. The van der Waals surface area contributed by atoms with Crippen molar-refractivity contribution < 1.29 is 8.42 Å². The fourth-order valence-corrected chi connectivity index (χ4v) is 4.00. The number of nitrogens with two attached hydrogens (primary N) is 1. The van der Waals surface area contributed by atoms with E-state index >= 15 is 0 Å². The van der Waals surface area contributed by atoms with E-state index in [0.29, 0.717) is 5.11 Å². The topological polar surface area (TPSA) is 91.6 Å². The lowest BCUT2D eigenvalue weighted by Gasteiger charge is -2.24. The summed E-state index contributed by atoms with van der Waals surface area (Å²) in [6.07, 6.45) is 1.01. The number of aryl methyl sites for hydroxylation is 1. The number of hydrogen-bond acceptors (Lipinski definition) is 5. The third-order valence-corrected chi connectivity index (χ3v) is 5.93. The fourth-order valence-electron chi connectivity index (χ4n) is 3.18. The highest BCUT2D eigenvalue weighted by atomic mass is 32.2. The standard InChI is InChI=1S/C19H25N5O2S2/c1-15-4-2-5-17(21-15)14-23-10-3-11-24(13-12-23)19(27)22-16-6-8-18(9-7-16)28(20,25)26/h2,4-9H,3,10-14H2,1H3,(H,22,27)(H2,20,25,26). The van der Waals surface area contributed by atoms with Crippen LogP contribution in [0.3, 0.4) is 0 Å². The molecule has 150 valence electrons. The summed E-state index contributed by atoms with van der Waals surface area (Å²) in [7, 11) is -3.69. The highest BCUT2D eigenvalue weighted by Gasteiger charge is 2.18. The lowest BCUT2D eigenvalue weighted by molar-refractivity contribution is 0.275. The summed E-state index contributed by atoms with van der Waals surface area (Å²) in [4.78, 5) is 9.21. The van der Waals surface area contributed by atoms with Gasteiger partial charge >= 0.3 is 0 Å². The molecule has 7 nitrogen and oxygen atoms in total. The van der Waals surface area contributed by atoms with Crippen molar-refractivity contribution in [1.82, 2.24) is 14.8 Å². The Morgan fingerprint density at radius 1 is 1.14 bits per heavy atom. The van der Waals surface area contributed by atoms with Gasteiger partial charge < -0.3 is 10.2 Å². The summed E-state index contributed by atoms with van der Waals surface area (Å²) >= 11 is 5.55. The van der Waals surface area contributed by atoms with E-state index in [4.69, 9.17) is 17.4 Å². The second-order valence-electron chi connectivity index (χ2n) is 6.89. The van der Waals surface area contributed by atoms with Crippen molar-refractivity contribution in [3.63, 3.8) is 0 Å². The molecule has 3 rings (SSSR count). The van der Waals surface area contributed by atoms with Gasteiger partial charge in [-0.05, 0) is 62.0 Å². The fraction of sp³-hybridized carbons (Fsp3) is 0.368. The quantitative estimate of drug-likeness (QED) is 0.732. The molecule has 0 unspecified atom stereocenters. The van der Waals surface area contributed by atoms with Gasteiger partial charge in [-0.3, -0.25) is 9.88 Å². The number of nitrogens with one attached hydrogen (secondary N) is 1. The summed E-state index contributed by atoms with van der Waals surface area (Å²) in [5.74, 6) is 0. The smallest absolute Gasteiger partial charge is 0.238 e. The Kier molecular flexibility index (Phi) is 6.61. The molecular formula is C19H25N5O2S2. The summed E-state index contributed by atoms with van der Waals surface area (Å²) in [5.41, 5.74) is 2.86. The molecule has 2 heterocycles. The summed E-state index contributed by atoms with van der Waals surface area (Å²) in [5, 5.41) is 8.95. The zero-order chi connectivity index (χ0) is 20.1. The average Bonchev–Trinajstić information content (AvgIpc) is 2.87. The van der Waals surface area contributed by atoms with Crippen molar-refractivity contribution in [2.24, 2.45) is 5.14 Å². The minimum absolute atomic E-state index is 0.0825. The Bertz CT molecular complexity index is 932. The van der Waals surface area contributed by atoms with Gasteiger partial charge in [0.2, 0.25) is 10.0 Å². The zero-order valence-electron chi connectivity index (χ0n) is 15.8. The number of hydrogen-bond donors (Lipinski definition) is 2. The molecule has 2 aromatic rings. The van der Waals surface area contributed by atoms with Crippen molar-refractivity contribution in [1.29, 1.82) is 0 Å². The van der Waals surface area contributed by atoms with E-state index in [1.54, 1.807) is 12.1 Å². The van der Waals surface area contributed by atoms with E-state index in [-0.39, 0.29) is 4.90 Å².